The molecule has 0 radical (unpaired) electrons. The zero-order valence-electron chi connectivity index (χ0n) is 17.5. The van der Waals surface area contributed by atoms with Gasteiger partial charge >= 0.3 is 0 Å². The Hall–Kier alpha value is -2.11. The van der Waals surface area contributed by atoms with Gasteiger partial charge in [0.05, 0.1) is 51.6 Å². The lowest BCUT2D eigenvalue weighted by Crippen LogP contribution is -2.53. The van der Waals surface area contributed by atoms with Gasteiger partial charge in [-0.15, -0.1) is 11.8 Å². The molecule has 11 heteroatoms. The summed E-state index contributed by atoms with van der Waals surface area (Å²) in [6, 6.07) is 1.61. The molecule has 0 unspecified atom stereocenters. The van der Waals surface area contributed by atoms with Crippen molar-refractivity contribution in [3.63, 3.8) is 0 Å². The summed E-state index contributed by atoms with van der Waals surface area (Å²) in [5.74, 6) is 2.52. The van der Waals surface area contributed by atoms with Crippen LogP contribution < -0.4 is 9.47 Å². The van der Waals surface area contributed by atoms with Crippen LogP contribution >= 0.6 is 11.8 Å². The average molecular weight is 440 g/mol. The van der Waals surface area contributed by atoms with Crippen LogP contribution in [0.25, 0.3) is 0 Å². The molecule has 0 bridgehead atoms. The molecule has 2 saturated heterocycles. The molecular formula is C19H29N5O5S. The molecule has 0 aromatic carbocycles. The largest absolute Gasteiger partial charge is 0.481 e. The van der Waals surface area contributed by atoms with Crippen molar-refractivity contribution in [1.29, 1.82) is 0 Å². The van der Waals surface area contributed by atoms with E-state index in [2.05, 4.69) is 14.9 Å². The van der Waals surface area contributed by atoms with Gasteiger partial charge in [0.2, 0.25) is 23.6 Å². The summed E-state index contributed by atoms with van der Waals surface area (Å²) in [5.41, 5.74) is 0. The molecular weight excluding hydrogens is 410 g/mol. The Morgan fingerprint density at radius 2 is 1.57 bits per heavy atom. The first-order valence-electron chi connectivity index (χ1n) is 9.98. The summed E-state index contributed by atoms with van der Waals surface area (Å²) in [6.45, 7) is 5.66. The Morgan fingerprint density at radius 3 is 2.17 bits per heavy atom. The number of piperazine rings is 1. The van der Waals surface area contributed by atoms with E-state index in [-0.39, 0.29) is 11.8 Å². The standard InChI is InChI=1S/C19H29N5O5S/c1-27-16-11-17(28-2)21-15(20-16)13-30-14-19(26)23-5-3-22(4-6-23)12-18(25)24-7-9-29-10-8-24/h11H,3-10,12-14H2,1-2H3. The van der Waals surface area contributed by atoms with Crippen molar-refractivity contribution >= 4 is 23.6 Å². The zero-order chi connectivity index (χ0) is 21.3. The number of thioether (sulfide) groups is 1. The molecule has 2 aliphatic rings. The van der Waals surface area contributed by atoms with Gasteiger partial charge < -0.3 is 24.0 Å². The van der Waals surface area contributed by atoms with E-state index in [1.165, 1.54) is 26.0 Å². The Bertz CT molecular complexity index is 701. The Kier molecular flexibility index (Phi) is 8.52. The number of methoxy groups -OCH3 is 2. The molecule has 2 amide bonds. The van der Waals surface area contributed by atoms with Crippen molar-refractivity contribution in [1.82, 2.24) is 24.7 Å². The minimum absolute atomic E-state index is 0.0917. The highest BCUT2D eigenvalue weighted by molar-refractivity contribution is 7.99. The van der Waals surface area contributed by atoms with Gasteiger partial charge in [-0.1, -0.05) is 0 Å². The molecule has 10 nitrogen and oxygen atoms in total. The maximum atomic E-state index is 12.5. The molecule has 3 rings (SSSR count). The van der Waals surface area contributed by atoms with E-state index in [1.807, 2.05) is 9.80 Å². The monoisotopic (exact) mass is 439 g/mol. The molecule has 166 valence electrons. The van der Waals surface area contributed by atoms with Crippen molar-refractivity contribution in [3.8, 4) is 11.8 Å². The predicted molar refractivity (Wildman–Crippen MR) is 112 cm³/mol. The first-order valence-corrected chi connectivity index (χ1v) is 11.1. The summed E-state index contributed by atoms with van der Waals surface area (Å²) in [7, 11) is 3.08. The average Bonchev–Trinajstić information content (AvgIpc) is 2.79. The summed E-state index contributed by atoms with van der Waals surface area (Å²) >= 11 is 1.46. The van der Waals surface area contributed by atoms with Crippen molar-refractivity contribution in [3.05, 3.63) is 11.9 Å². The second-order valence-corrected chi connectivity index (χ2v) is 8.00. The van der Waals surface area contributed by atoms with Gasteiger partial charge in [0.15, 0.2) is 0 Å². The van der Waals surface area contributed by atoms with E-state index >= 15 is 0 Å². The summed E-state index contributed by atoms with van der Waals surface area (Å²) < 4.78 is 15.6. The Balaban J connectivity index is 1.37. The normalized spacial score (nSPS) is 17.7. The quantitative estimate of drug-likeness (QED) is 0.542. The molecule has 0 spiro atoms. The third-order valence-corrected chi connectivity index (χ3v) is 5.96. The number of carbonyl (C=O) groups excluding carboxylic acids is 2. The van der Waals surface area contributed by atoms with Crippen LogP contribution in [0.4, 0.5) is 0 Å². The fourth-order valence-electron chi connectivity index (χ4n) is 3.30. The fraction of sp³-hybridized carbons (Fsp3) is 0.684. The summed E-state index contributed by atoms with van der Waals surface area (Å²) in [6.07, 6.45) is 0. The predicted octanol–water partition coefficient (Wildman–Crippen LogP) is -0.270. The highest BCUT2D eigenvalue weighted by Gasteiger charge is 2.25. The Morgan fingerprint density at radius 1 is 0.967 bits per heavy atom. The second-order valence-electron chi connectivity index (χ2n) is 7.01. The third-order valence-electron chi connectivity index (χ3n) is 5.05. The lowest BCUT2D eigenvalue weighted by molar-refractivity contribution is -0.137. The minimum Gasteiger partial charge on any atom is -0.481 e. The van der Waals surface area contributed by atoms with Crippen LogP contribution in [0.2, 0.25) is 0 Å². The van der Waals surface area contributed by atoms with E-state index in [0.717, 1.165) is 0 Å². The highest BCUT2D eigenvalue weighted by atomic mass is 32.2. The number of rotatable bonds is 8. The molecule has 0 atom stereocenters. The van der Waals surface area contributed by atoms with E-state index < -0.39 is 0 Å². The first-order chi connectivity index (χ1) is 14.6. The van der Waals surface area contributed by atoms with Gasteiger partial charge in [-0.25, -0.2) is 0 Å². The van der Waals surface area contributed by atoms with Crippen LogP contribution in [-0.4, -0.2) is 115 Å². The molecule has 0 saturated carbocycles. The van der Waals surface area contributed by atoms with Gasteiger partial charge in [0.1, 0.15) is 5.82 Å². The molecule has 2 fully saturated rings. The maximum absolute atomic E-state index is 12.5. The summed E-state index contributed by atoms with van der Waals surface area (Å²) in [4.78, 5) is 39.3. The van der Waals surface area contributed by atoms with Gasteiger partial charge in [0, 0.05) is 39.3 Å². The molecule has 0 N–H and O–H groups in total. The number of aromatic nitrogens is 2. The molecule has 3 heterocycles. The van der Waals surface area contributed by atoms with Crippen LogP contribution in [0, 0.1) is 0 Å². The lowest BCUT2D eigenvalue weighted by Gasteiger charge is -2.36. The Labute approximate surface area is 180 Å². The van der Waals surface area contributed by atoms with E-state index in [9.17, 15) is 9.59 Å². The molecule has 1 aromatic rings. The SMILES string of the molecule is COc1cc(OC)nc(CSCC(=O)N2CCN(CC(=O)N3CCOCC3)CC2)n1. The van der Waals surface area contributed by atoms with Crippen molar-refractivity contribution in [2.45, 2.75) is 5.75 Å². The number of nitrogens with zero attached hydrogens (tertiary/aromatic N) is 5. The van der Waals surface area contributed by atoms with E-state index in [0.29, 0.717) is 88.1 Å². The number of hydrogen-bond acceptors (Lipinski definition) is 9. The van der Waals surface area contributed by atoms with E-state index in [4.69, 9.17) is 14.2 Å². The molecule has 30 heavy (non-hydrogen) atoms. The topological polar surface area (TPSA) is 97.3 Å². The minimum atomic E-state index is 0.0917. The smallest absolute Gasteiger partial charge is 0.236 e. The van der Waals surface area contributed by atoms with Crippen LogP contribution in [-0.2, 0) is 20.1 Å². The van der Waals surface area contributed by atoms with Crippen LogP contribution in [0.5, 0.6) is 11.8 Å². The molecule has 1 aromatic heterocycles. The van der Waals surface area contributed by atoms with Gasteiger partial charge in [0.25, 0.3) is 0 Å². The second kappa shape index (κ2) is 11.3. The lowest BCUT2D eigenvalue weighted by atomic mass is 10.3. The number of carbonyl (C=O) groups is 2. The van der Waals surface area contributed by atoms with Gasteiger partial charge in [-0.2, -0.15) is 9.97 Å². The van der Waals surface area contributed by atoms with Crippen molar-refractivity contribution < 1.29 is 23.8 Å². The van der Waals surface area contributed by atoms with Crippen LogP contribution in [0.3, 0.4) is 0 Å². The maximum Gasteiger partial charge on any atom is 0.236 e. The fourth-order valence-corrected chi connectivity index (χ4v) is 4.07. The first kappa shape index (κ1) is 22.6. The molecule has 2 aliphatic heterocycles. The highest BCUT2D eigenvalue weighted by Crippen LogP contribution is 2.18. The summed E-state index contributed by atoms with van der Waals surface area (Å²) in [5, 5.41) is 0. The number of ether oxygens (including phenoxy) is 3. The van der Waals surface area contributed by atoms with Crippen molar-refractivity contribution in [2.24, 2.45) is 0 Å². The van der Waals surface area contributed by atoms with Gasteiger partial charge in [-0.3, -0.25) is 14.5 Å². The number of morpholine rings is 1. The zero-order valence-corrected chi connectivity index (χ0v) is 18.4. The third kappa shape index (κ3) is 6.44. The van der Waals surface area contributed by atoms with Gasteiger partial charge in [-0.05, 0) is 0 Å². The number of hydrogen-bond donors (Lipinski definition) is 0. The van der Waals surface area contributed by atoms with Crippen LogP contribution in [0.1, 0.15) is 5.82 Å². The van der Waals surface area contributed by atoms with Crippen LogP contribution in [0.15, 0.2) is 6.07 Å². The molecule has 0 aliphatic carbocycles. The number of amides is 2. The van der Waals surface area contributed by atoms with Crippen molar-refractivity contribution in [2.75, 3.05) is 79.0 Å². The van der Waals surface area contributed by atoms with E-state index in [1.54, 1.807) is 6.07 Å².